The van der Waals surface area contributed by atoms with Crippen molar-refractivity contribution in [1.29, 1.82) is 0 Å². The van der Waals surface area contributed by atoms with Crippen LogP contribution in [0.4, 0.5) is 4.79 Å². The van der Waals surface area contributed by atoms with Gasteiger partial charge in [-0.05, 0) is 30.5 Å². The molecule has 3 aromatic rings. The normalized spacial score (nSPS) is 20.9. The first kappa shape index (κ1) is 26.6. The predicted molar refractivity (Wildman–Crippen MR) is 147 cm³/mol. The second-order valence-electron chi connectivity index (χ2n) is 10.0. The van der Waals surface area contributed by atoms with Gasteiger partial charge in [0.05, 0.1) is 38.2 Å². The molecule has 1 N–H and O–H groups in total. The lowest BCUT2D eigenvalue weighted by Crippen LogP contribution is -2.57. The number of urea groups is 1. The molecule has 0 heterocycles. The quantitative estimate of drug-likeness (QED) is 0.384. The molecule has 0 saturated heterocycles. The van der Waals surface area contributed by atoms with Gasteiger partial charge in [0.1, 0.15) is 12.3 Å². The van der Waals surface area contributed by atoms with Gasteiger partial charge in [0.15, 0.2) is 0 Å². The van der Waals surface area contributed by atoms with Crippen LogP contribution < -0.4 is 10.1 Å². The number of carbonyl (C=O) groups is 2. The van der Waals surface area contributed by atoms with Crippen molar-refractivity contribution >= 4 is 24.4 Å². The highest BCUT2D eigenvalue weighted by atomic mass is 32.1. The Morgan fingerprint density at radius 1 is 0.973 bits per heavy atom. The zero-order chi connectivity index (χ0) is 26.3. The van der Waals surface area contributed by atoms with E-state index in [1.54, 1.807) is 19.2 Å². The number of nitrogens with one attached hydrogen (secondary N) is 1. The second-order valence-corrected chi connectivity index (χ2v) is 10.2. The number of rotatable bonds is 8. The fraction of sp³-hybridized carbons (Fsp3) is 0.333. The molecule has 0 bridgehead atoms. The summed E-state index contributed by atoms with van der Waals surface area (Å²) in [5.74, 6) is 0.400. The third kappa shape index (κ3) is 5.78. The molecular weight excluding hydrogens is 482 g/mol. The number of para-hydroxylation sites is 1. The first-order valence-electron chi connectivity index (χ1n) is 12.7. The van der Waals surface area contributed by atoms with Crippen LogP contribution in [0.2, 0.25) is 0 Å². The number of nitrogens with zero attached hydrogens (tertiary/aromatic N) is 2. The number of benzene rings is 3. The molecular formula is C30H34N3O3S+. The zero-order valence-corrected chi connectivity index (χ0v) is 22.2. The van der Waals surface area contributed by atoms with Crippen molar-refractivity contribution in [2.45, 2.75) is 43.7 Å². The highest BCUT2D eigenvalue weighted by molar-refractivity contribution is 7.47. The molecule has 3 amide bonds. The molecule has 1 aliphatic carbocycles. The summed E-state index contributed by atoms with van der Waals surface area (Å²) in [5.41, 5.74) is 2.57. The maximum absolute atomic E-state index is 13.1. The average Bonchev–Trinajstić information content (AvgIpc) is 2.96. The number of ether oxygens (including phenoxy) is 1. The van der Waals surface area contributed by atoms with E-state index in [-0.39, 0.29) is 27.9 Å². The summed E-state index contributed by atoms with van der Waals surface area (Å²) in [6.07, 6.45) is 3.31. The van der Waals surface area contributed by atoms with Crippen LogP contribution in [0.3, 0.4) is 0 Å². The minimum absolute atomic E-state index is 0.0844. The van der Waals surface area contributed by atoms with E-state index in [0.717, 1.165) is 31.2 Å². The van der Waals surface area contributed by atoms with Gasteiger partial charge in [-0.25, -0.2) is 9.28 Å². The van der Waals surface area contributed by atoms with Gasteiger partial charge in [-0.2, -0.15) is 0 Å². The third-order valence-electron chi connectivity index (χ3n) is 7.91. The highest BCUT2D eigenvalue weighted by Gasteiger charge is 2.47. The molecule has 1 aliphatic rings. The first-order chi connectivity index (χ1) is 17.9. The fourth-order valence-corrected chi connectivity index (χ4v) is 5.86. The predicted octanol–water partition coefficient (Wildman–Crippen LogP) is 5.80. The molecule has 37 heavy (non-hydrogen) atoms. The molecule has 4 rings (SSSR count). The van der Waals surface area contributed by atoms with Crippen molar-refractivity contribution in [2.24, 2.45) is 4.36 Å². The molecule has 0 radical (unpaired) electrons. The topological polar surface area (TPSA) is 67.8 Å². The standard InChI is InChI=1S/C30H33N3O3S/c1-33(29(35)32-37,21-23-11-5-3-6-12-23)25-17-19-30(20-18-25,24-13-7-4-8-14-24)22-31-28(34)26-15-9-10-16-27(26)36-2/h3-16,25H,17-22H2,1-2H3/p+1. The van der Waals surface area contributed by atoms with Crippen LogP contribution in [0.5, 0.6) is 5.75 Å². The molecule has 1 unspecified atom stereocenters. The molecule has 192 valence electrons. The smallest absolute Gasteiger partial charge is 0.454 e. The number of methoxy groups -OCH3 is 1. The first-order valence-corrected chi connectivity index (χ1v) is 13.0. The Morgan fingerprint density at radius 3 is 2.19 bits per heavy atom. The van der Waals surface area contributed by atoms with E-state index >= 15 is 0 Å². The number of hydrogen-bond donors (Lipinski definition) is 1. The summed E-state index contributed by atoms with van der Waals surface area (Å²) < 4.78 is 9.23. The summed E-state index contributed by atoms with van der Waals surface area (Å²) in [5, 5.41) is 3.18. The molecule has 0 aliphatic heterocycles. The minimum atomic E-state index is -0.277. The van der Waals surface area contributed by atoms with Gasteiger partial charge in [0.25, 0.3) is 5.91 Å². The molecule has 0 spiro atoms. The van der Waals surface area contributed by atoms with Gasteiger partial charge >= 0.3 is 6.03 Å². The van der Waals surface area contributed by atoms with E-state index < -0.39 is 0 Å². The summed E-state index contributed by atoms with van der Waals surface area (Å²) in [6, 6.07) is 27.4. The maximum atomic E-state index is 13.1. The number of carbonyl (C=O) groups excluding carboxylic acids is 2. The molecule has 1 saturated carbocycles. The van der Waals surface area contributed by atoms with Crippen molar-refractivity contribution in [1.82, 2.24) is 5.32 Å². The Bertz CT molecular complexity index is 1230. The van der Waals surface area contributed by atoms with Crippen molar-refractivity contribution in [3.8, 4) is 5.75 Å². The summed E-state index contributed by atoms with van der Waals surface area (Å²) >= 11 is 4.87. The number of amides is 3. The van der Waals surface area contributed by atoms with E-state index in [2.05, 4.69) is 21.8 Å². The van der Waals surface area contributed by atoms with Crippen LogP contribution in [0.1, 0.15) is 47.2 Å². The van der Waals surface area contributed by atoms with Crippen LogP contribution in [0, 0.1) is 0 Å². The molecule has 0 aromatic heterocycles. The molecule has 6 nitrogen and oxygen atoms in total. The summed E-state index contributed by atoms with van der Waals surface area (Å²) in [6.45, 7) is 1.05. The largest absolute Gasteiger partial charge is 0.496 e. The Labute approximate surface area is 224 Å². The Morgan fingerprint density at radius 2 is 1.57 bits per heavy atom. The second kappa shape index (κ2) is 11.8. The van der Waals surface area contributed by atoms with Crippen molar-refractivity contribution in [3.63, 3.8) is 0 Å². The van der Waals surface area contributed by atoms with Crippen molar-refractivity contribution < 1.29 is 18.8 Å². The molecule has 1 fully saturated rings. The van der Waals surface area contributed by atoms with Crippen LogP contribution >= 0.6 is 0 Å². The SMILES string of the molecule is COc1ccccc1C(=O)NCC1(c2ccccc2)CCC([N+](C)(Cc2ccccc2)C(=O)N=S)CC1. The van der Waals surface area contributed by atoms with Crippen LogP contribution in [-0.2, 0) is 24.4 Å². The van der Waals surface area contributed by atoms with Gasteiger partial charge in [-0.1, -0.05) is 77.2 Å². The average molecular weight is 517 g/mol. The van der Waals surface area contributed by atoms with Crippen molar-refractivity contribution in [3.05, 3.63) is 102 Å². The van der Waals surface area contributed by atoms with Gasteiger partial charge < -0.3 is 10.1 Å². The summed E-state index contributed by atoms with van der Waals surface area (Å²) in [4.78, 5) is 26.2. The lowest BCUT2D eigenvalue weighted by Gasteiger charge is -2.45. The third-order valence-corrected chi connectivity index (χ3v) is 8.07. The van der Waals surface area contributed by atoms with Gasteiger partial charge in [-0.15, -0.1) is 0 Å². The van der Waals surface area contributed by atoms with Gasteiger partial charge in [0.2, 0.25) is 0 Å². The van der Waals surface area contributed by atoms with Gasteiger partial charge in [-0.3, -0.25) is 4.79 Å². The summed E-state index contributed by atoms with van der Waals surface area (Å²) in [7, 11) is 3.52. The highest BCUT2D eigenvalue weighted by Crippen LogP contribution is 2.42. The Balaban J connectivity index is 1.56. The fourth-order valence-electron chi connectivity index (χ4n) is 5.67. The van der Waals surface area contributed by atoms with E-state index in [9.17, 15) is 9.59 Å². The molecule has 7 heteroatoms. The number of hydrogen-bond acceptors (Lipinski definition) is 4. The Hall–Kier alpha value is -3.42. The minimum Gasteiger partial charge on any atom is -0.496 e. The van der Waals surface area contributed by atoms with E-state index in [0.29, 0.717) is 24.4 Å². The maximum Gasteiger partial charge on any atom is 0.454 e. The van der Waals surface area contributed by atoms with E-state index in [4.69, 9.17) is 17.2 Å². The lowest BCUT2D eigenvalue weighted by atomic mass is 9.67. The van der Waals surface area contributed by atoms with E-state index in [1.165, 1.54) is 5.56 Å². The lowest BCUT2D eigenvalue weighted by molar-refractivity contribution is -0.870. The molecule has 3 aromatic carbocycles. The van der Waals surface area contributed by atoms with Gasteiger partial charge in [0, 0.05) is 30.4 Å². The zero-order valence-electron chi connectivity index (χ0n) is 21.4. The van der Waals surface area contributed by atoms with Crippen LogP contribution in [-0.4, -0.2) is 43.2 Å². The monoisotopic (exact) mass is 516 g/mol. The van der Waals surface area contributed by atoms with E-state index in [1.807, 2.05) is 67.7 Å². The molecule has 1 atom stereocenters. The van der Waals surface area contributed by atoms with Crippen LogP contribution in [0.15, 0.2) is 89.3 Å². The number of quaternary nitrogens is 1. The van der Waals surface area contributed by atoms with Crippen LogP contribution in [0.25, 0.3) is 0 Å². The Kier molecular flexibility index (Phi) is 8.46. The van der Waals surface area contributed by atoms with Crippen molar-refractivity contribution in [2.75, 3.05) is 20.7 Å².